The van der Waals surface area contributed by atoms with E-state index in [1.807, 2.05) is 0 Å². The largest absolute Gasteiger partial charge is 0.496 e. The molecular formula is C21H15F3IN3O4S. The van der Waals surface area contributed by atoms with Crippen molar-refractivity contribution in [2.75, 3.05) is 13.4 Å². The molecule has 0 amide bonds. The molecule has 0 radical (unpaired) electrons. The number of rotatable bonds is 5. The van der Waals surface area contributed by atoms with Crippen LogP contribution in [0.4, 0.5) is 13.2 Å². The third-order valence-corrected chi connectivity index (χ3v) is 6.94. The Morgan fingerprint density at radius 1 is 1.12 bits per heavy atom. The molecule has 0 atom stereocenters. The zero-order chi connectivity index (χ0) is 24.0. The zero-order valence-corrected chi connectivity index (χ0v) is 20.1. The first-order valence-corrected chi connectivity index (χ1v) is 12.2. The highest BCUT2D eigenvalue weighted by Gasteiger charge is 2.39. The van der Waals surface area contributed by atoms with Crippen LogP contribution in [-0.2, 0) is 16.0 Å². The third-order valence-electron chi connectivity index (χ3n) is 4.79. The van der Waals surface area contributed by atoms with Gasteiger partial charge in [0.25, 0.3) is 0 Å². The molecule has 4 rings (SSSR count). The molecule has 2 heterocycles. The number of hydrogen-bond donors (Lipinski definition) is 0. The molecule has 33 heavy (non-hydrogen) atoms. The minimum atomic E-state index is -4.69. The van der Waals surface area contributed by atoms with Crippen molar-refractivity contribution < 1.29 is 30.7 Å². The van der Waals surface area contributed by atoms with Crippen LogP contribution in [0.25, 0.3) is 28.2 Å². The van der Waals surface area contributed by atoms with Gasteiger partial charge in [0, 0.05) is 17.4 Å². The lowest BCUT2D eigenvalue weighted by Gasteiger charge is -2.12. The number of methoxy groups -OCH3 is 1. The SMILES string of the molecule is COc1cc(-c2c(I)c(C(F)(F)F)nn2-c2ccc(S(C)(=O)=O)cc2)ccc1-c1cocn1. The third kappa shape index (κ3) is 4.49. The highest BCUT2D eigenvalue weighted by atomic mass is 127. The molecule has 0 unspecified atom stereocenters. The Balaban J connectivity index is 1.92. The molecule has 0 N–H and O–H groups in total. The van der Waals surface area contributed by atoms with Gasteiger partial charge < -0.3 is 9.15 Å². The molecule has 4 aromatic rings. The second-order valence-electron chi connectivity index (χ2n) is 6.98. The van der Waals surface area contributed by atoms with Crippen molar-refractivity contribution in [1.82, 2.24) is 14.8 Å². The molecular weight excluding hydrogens is 574 g/mol. The Morgan fingerprint density at radius 2 is 1.82 bits per heavy atom. The van der Waals surface area contributed by atoms with Crippen LogP contribution in [0.2, 0.25) is 0 Å². The van der Waals surface area contributed by atoms with Crippen molar-refractivity contribution in [2.24, 2.45) is 0 Å². The molecule has 0 fully saturated rings. The summed E-state index contributed by atoms with van der Waals surface area (Å²) in [5, 5.41) is 3.81. The molecule has 0 spiro atoms. The predicted octanol–water partition coefficient (Wildman–Crippen LogP) is 5.23. The molecule has 0 saturated carbocycles. The number of nitrogens with zero attached hydrogens (tertiary/aromatic N) is 3. The van der Waals surface area contributed by atoms with Gasteiger partial charge in [0.05, 0.1) is 27.0 Å². The summed E-state index contributed by atoms with van der Waals surface area (Å²) in [4.78, 5) is 4.13. The molecule has 0 saturated heterocycles. The second kappa shape index (κ2) is 8.48. The van der Waals surface area contributed by atoms with Crippen LogP contribution in [0, 0.1) is 3.57 Å². The summed E-state index contributed by atoms with van der Waals surface area (Å²) in [6.45, 7) is 0. The van der Waals surface area contributed by atoms with Crippen molar-refractivity contribution in [3.63, 3.8) is 0 Å². The molecule has 0 aliphatic heterocycles. The normalized spacial score (nSPS) is 12.2. The highest BCUT2D eigenvalue weighted by Crippen LogP contribution is 2.41. The van der Waals surface area contributed by atoms with Gasteiger partial charge in [-0.15, -0.1) is 0 Å². The van der Waals surface area contributed by atoms with Crippen LogP contribution in [0.15, 0.2) is 64.4 Å². The van der Waals surface area contributed by atoms with E-state index in [-0.39, 0.29) is 19.8 Å². The summed E-state index contributed by atoms with van der Waals surface area (Å²) in [5.41, 5.74) is 0.924. The Kier molecular flexibility index (Phi) is 5.99. The molecule has 2 aromatic heterocycles. The number of halogens is 4. The lowest BCUT2D eigenvalue weighted by molar-refractivity contribution is -0.142. The van der Waals surface area contributed by atoms with E-state index < -0.39 is 21.7 Å². The van der Waals surface area contributed by atoms with Gasteiger partial charge in [-0.2, -0.15) is 18.3 Å². The van der Waals surface area contributed by atoms with Gasteiger partial charge in [0.15, 0.2) is 21.9 Å². The van der Waals surface area contributed by atoms with Gasteiger partial charge in [0.1, 0.15) is 17.7 Å². The minimum Gasteiger partial charge on any atom is -0.496 e. The fourth-order valence-electron chi connectivity index (χ4n) is 3.25. The van der Waals surface area contributed by atoms with E-state index >= 15 is 0 Å². The zero-order valence-electron chi connectivity index (χ0n) is 17.1. The van der Waals surface area contributed by atoms with E-state index in [9.17, 15) is 21.6 Å². The fraction of sp³-hybridized carbons (Fsp3) is 0.143. The van der Waals surface area contributed by atoms with Crippen molar-refractivity contribution in [1.29, 1.82) is 0 Å². The molecule has 7 nitrogen and oxygen atoms in total. The maximum atomic E-state index is 13.7. The molecule has 0 aliphatic carbocycles. The second-order valence-corrected chi connectivity index (χ2v) is 10.1. The average Bonchev–Trinajstić information content (AvgIpc) is 3.40. The first kappa shape index (κ1) is 23.3. The van der Waals surface area contributed by atoms with Crippen LogP contribution in [-0.4, -0.2) is 36.5 Å². The van der Waals surface area contributed by atoms with E-state index in [4.69, 9.17) is 9.15 Å². The number of hydrogen-bond acceptors (Lipinski definition) is 6. The summed E-state index contributed by atoms with van der Waals surface area (Å²) in [6.07, 6.45) is -0.949. The van der Waals surface area contributed by atoms with Crippen molar-refractivity contribution >= 4 is 32.4 Å². The number of sulfone groups is 1. The van der Waals surface area contributed by atoms with Crippen molar-refractivity contribution in [3.8, 4) is 34.0 Å². The number of oxazole rings is 1. The van der Waals surface area contributed by atoms with E-state index in [1.54, 1.807) is 40.8 Å². The van der Waals surface area contributed by atoms with Gasteiger partial charge >= 0.3 is 6.18 Å². The Morgan fingerprint density at radius 3 is 2.36 bits per heavy atom. The molecule has 0 bridgehead atoms. The average molecular weight is 589 g/mol. The van der Waals surface area contributed by atoms with Gasteiger partial charge in [-0.3, -0.25) is 0 Å². The number of alkyl halides is 3. The van der Waals surface area contributed by atoms with Gasteiger partial charge in [-0.05, 0) is 59.0 Å². The van der Waals surface area contributed by atoms with E-state index in [0.29, 0.717) is 22.6 Å². The summed E-state index contributed by atoms with van der Waals surface area (Å²) < 4.78 is 76.1. The van der Waals surface area contributed by atoms with Gasteiger partial charge in [-0.1, -0.05) is 6.07 Å². The van der Waals surface area contributed by atoms with Gasteiger partial charge in [-0.25, -0.2) is 18.1 Å². The van der Waals surface area contributed by atoms with Crippen LogP contribution < -0.4 is 4.74 Å². The van der Waals surface area contributed by atoms with E-state index in [0.717, 1.165) is 10.9 Å². The fourth-order valence-corrected chi connectivity index (χ4v) is 4.83. The quantitative estimate of drug-likeness (QED) is 0.297. The van der Waals surface area contributed by atoms with Crippen LogP contribution in [0.1, 0.15) is 5.69 Å². The maximum absolute atomic E-state index is 13.7. The predicted molar refractivity (Wildman–Crippen MR) is 122 cm³/mol. The topological polar surface area (TPSA) is 87.2 Å². The maximum Gasteiger partial charge on any atom is 0.436 e. The summed E-state index contributed by atoms with van der Waals surface area (Å²) in [7, 11) is -2.03. The van der Waals surface area contributed by atoms with Crippen molar-refractivity contribution in [2.45, 2.75) is 11.1 Å². The standard InChI is InChI=1S/C21H15F3IN3O4S/c1-31-17-9-12(3-8-15(17)16-10-32-11-26-16)19-18(25)20(21(22,23)24)27-28(19)13-4-6-14(7-5-13)33(2,29)30/h3-11H,1-2H3. The monoisotopic (exact) mass is 589 g/mol. The van der Waals surface area contributed by atoms with E-state index in [2.05, 4.69) is 10.1 Å². The van der Waals surface area contributed by atoms with Gasteiger partial charge in [0.2, 0.25) is 0 Å². The minimum absolute atomic E-state index is 0.0457. The van der Waals surface area contributed by atoms with Crippen molar-refractivity contribution in [3.05, 3.63) is 64.4 Å². The Bertz CT molecular complexity index is 1410. The molecule has 172 valence electrons. The Hall–Kier alpha value is -2.87. The summed E-state index contributed by atoms with van der Waals surface area (Å²) in [5.74, 6) is 0.380. The summed E-state index contributed by atoms with van der Waals surface area (Å²) in [6, 6.07) is 10.3. The first-order chi connectivity index (χ1) is 15.5. The lowest BCUT2D eigenvalue weighted by atomic mass is 10.1. The highest BCUT2D eigenvalue weighted by molar-refractivity contribution is 14.1. The molecule has 0 aliphatic rings. The van der Waals surface area contributed by atoms with E-state index in [1.165, 1.54) is 44.0 Å². The van der Waals surface area contributed by atoms with Crippen LogP contribution in [0.3, 0.4) is 0 Å². The lowest BCUT2D eigenvalue weighted by Crippen LogP contribution is -2.08. The number of aromatic nitrogens is 3. The van der Waals surface area contributed by atoms with Crippen LogP contribution in [0.5, 0.6) is 5.75 Å². The number of ether oxygens (including phenoxy) is 1. The smallest absolute Gasteiger partial charge is 0.436 e. The Labute approximate surface area is 200 Å². The molecule has 12 heteroatoms. The molecule has 2 aromatic carbocycles. The van der Waals surface area contributed by atoms with Crippen LogP contribution >= 0.6 is 22.6 Å². The first-order valence-electron chi connectivity index (χ1n) is 9.24. The summed E-state index contributed by atoms with van der Waals surface area (Å²) >= 11 is 1.61. The number of benzene rings is 2.